The van der Waals surface area contributed by atoms with Gasteiger partial charge in [-0.25, -0.2) is 9.78 Å². The second-order valence-corrected chi connectivity index (χ2v) is 8.17. The number of pyridine rings is 1. The Labute approximate surface area is 195 Å². The molecular formula is C24H22ClN5O3. The molecule has 1 aliphatic rings. The van der Waals surface area contributed by atoms with Crippen LogP contribution in [0.1, 0.15) is 5.56 Å². The average Bonchev–Trinajstić information content (AvgIpc) is 3.24. The molecule has 2 aromatic carbocycles. The van der Waals surface area contributed by atoms with E-state index in [9.17, 15) is 4.79 Å². The molecule has 4 aromatic rings. The van der Waals surface area contributed by atoms with Crippen molar-refractivity contribution in [3.05, 3.63) is 77.4 Å². The zero-order valence-corrected chi connectivity index (χ0v) is 18.5. The van der Waals surface area contributed by atoms with Crippen molar-refractivity contribution in [2.75, 3.05) is 31.5 Å². The second kappa shape index (κ2) is 9.48. The van der Waals surface area contributed by atoms with Gasteiger partial charge >= 0.3 is 6.03 Å². The standard InChI is InChI=1S/C24H22ClN5O3/c25-20-8-1-2-9-21(20)32-18-6-3-5-17(15-18)16-29-11-13-30(14-12-29)24(31)27-22-19-7-4-10-26-23(19)33-28-22/h1-10,15H,11-14,16H2,(H,27,28,31). The lowest BCUT2D eigenvalue weighted by Crippen LogP contribution is -2.49. The van der Waals surface area contributed by atoms with E-state index in [0.29, 0.717) is 40.8 Å². The van der Waals surface area contributed by atoms with Gasteiger partial charge in [-0.05, 0) is 42.0 Å². The molecule has 0 saturated carbocycles. The van der Waals surface area contributed by atoms with Gasteiger partial charge in [0.2, 0.25) is 0 Å². The van der Waals surface area contributed by atoms with Crippen LogP contribution in [0.2, 0.25) is 5.02 Å². The van der Waals surface area contributed by atoms with E-state index in [4.69, 9.17) is 20.9 Å². The number of halogens is 1. The first-order valence-corrected chi connectivity index (χ1v) is 11.0. The maximum Gasteiger partial charge on any atom is 0.323 e. The molecule has 0 aliphatic carbocycles. The van der Waals surface area contributed by atoms with Crippen LogP contribution < -0.4 is 10.1 Å². The highest BCUT2D eigenvalue weighted by molar-refractivity contribution is 6.32. The minimum atomic E-state index is -0.191. The summed E-state index contributed by atoms with van der Waals surface area (Å²) in [6.45, 7) is 3.55. The van der Waals surface area contributed by atoms with Crippen molar-refractivity contribution in [1.29, 1.82) is 0 Å². The third-order valence-electron chi connectivity index (χ3n) is 5.50. The molecule has 0 spiro atoms. The molecule has 0 unspecified atom stereocenters. The van der Waals surface area contributed by atoms with E-state index >= 15 is 0 Å². The van der Waals surface area contributed by atoms with Crippen LogP contribution in [0.3, 0.4) is 0 Å². The molecule has 1 N–H and O–H groups in total. The molecular weight excluding hydrogens is 442 g/mol. The van der Waals surface area contributed by atoms with Crippen molar-refractivity contribution >= 4 is 34.5 Å². The summed E-state index contributed by atoms with van der Waals surface area (Å²) in [5.74, 6) is 1.76. The molecule has 0 atom stereocenters. The molecule has 33 heavy (non-hydrogen) atoms. The van der Waals surface area contributed by atoms with Gasteiger partial charge in [-0.1, -0.05) is 41.0 Å². The fourth-order valence-corrected chi connectivity index (χ4v) is 3.96. The van der Waals surface area contributed by atoms with Gasteiger partial charge < -0.3 is 14.2 Å². The quantitative estimate of drug-likeness (QED) is 0.447. The van der Waals surface area contributed by atoms with E-state index in [1.54, 1.807) is 23.2 Å². The van der Waals surface area contributed by atoms with Crippen LogP contribution in [-0.4, -0.2) is 52.2 Å². The number of ether oxygens (including phenoxy) is 1. The van der Waals surface area contributed by atoms with E-state index in [1.165, 1.54) is 0 Å². The number of fused-ring (bicyclic) bond motifs is 1. The predicted octanol–water partition coefficient (Wildman–Crippen LogP) is 5.02. The molecule has 168 valence electrons. The Bertz CT molecular complexity index is 1270. The van der Waals surface area contributed by atoms with Crippen LogP contribution in [0.25, 0.3) is 11.1 Å². The summed E-state index contributed by atoms with van der Waals surface area (Å²) >= 11 is 6.20. The van der Waals surface area contributed by atoms with Gasteiger partial charge in [-0.3, -0.25) is 10.2 Å². The van der Waals surface area contributed by atoms with Gasteiger partial charge in [0.15, 0.2) is 5.82 Å². The molecule has 1 fully saturated rings. The fraction of sp³-hybridized carbons (Fsp3) is 0.208. The summed E-state index contributed by atoms with van der Waals surface area (Å²) in [5.41, 5.74) is 1.54. The third-order valence-corrected chi connectivity index (χ3v) is 5.82. The zero-order chi connectivity index (χ0) is 22.6. The maximum atomic E-state index is 12.7. The zero-order valence-electron chi connectivity index (χ0n) is 17.8. The molecule has 9 heteroatoms. The van der Waals surface area contributed by atoms with E-state index < -0.39 is 0 Å². The number of aromatic nitrogens is 2. The number of anilines is 1. The molecule has 1 saturated heterocycles. The van der Waals surface area contributed by atoms with E-state index in [2.05, 4.69) is 26.4 Å². The molecule has 2 aromatic heterocycles. The summed E-state index contributed by atoms with van der Waals surface area (Å²) in [5, 5.41) is 8.01. The number of urea groups is 1. The van der Waals surface area contributed by atoms with Gasteiger partial charge in [0.25, 0.3) is 5.71 Å². The Balaban J connectivity index is 1.15. The highest BCUT2D eigenvalue weighted by Crippen LogP contribution is 2.29. The predicted molar refractivity (Wildman–Crippen MR) is 126 cm³/mol. The van der Waals surface area contributed by atoms with Gasteiger partial charge in [-0.2, -0.15) is 0 Å². The van der Waals surface area contributed by atoms with Crippen molar-refractivity contribution in [3.63, 3.8) is 0 Å². The summed E-state index contributed by atoms with van der Waals surface area (Å²) in [6, 6.07) is 18.8. The van der Waals surface area contributed by atoms with Crippen LogP contribution in [-0.2, 0) is 6.54 Å². The van der Waals surface area contributed by atoms with Crippen LogP contribution in [0.4, 0.5) is 10.6 Å². The van der Waals surface area contributed by atoms with Gasteiger partial charge in [0.1, 0.15) is 11.5 Å². The summed E-state index contributed by atoms with van der Waals surface area (Å²) in [6.07, 6.45) is 1.62. The largest absolute Gasteiger partial charge is 0.456 e. The highest BCUT2D eigenvalue weighted by atomic mass is 35.5. The minimum Gasteiger partial charge on any atom is -0.456 e. The first kappa shape index (κ1) is 21.2. The summed E-state index contributed by atoms with van der Waals surface area (Å²) < 4.78 is 11.1. The molecule has 8 nitrogen and oxygen atoms in total. The van der Waals surface area contributed by atoms with Gasteiger partial charge in [0, 0.05) is 38.9 Å². The lowest BCUT2D eigenvalue weighted by molar-refractivity contribution is 0.143. The van der Waals surface area contributed by atoms with Crippen molar-refractivity contribution in [1.82, 2.24) is 19.9 Å². The number of piperazine rings is 1. The van der Waals surface area contributed by atoms with E-state index in [1.807, 2.05) is 42.5 Å². The Morgan fingerprint density at radius 2 is 1.91 bits per heavy atom. The van der Waals surface area contributed by atoms with E-state index in [0.717, 1.165) is 30.9 Å². The van der Waals surface area contributed by atoms with Crippen LogP contribution in [0.15, 0.2) is 71.4 Å². The molecule has 3 heterocycles. The Morgan fingerprint density at radius 3 is 2.76 bits per heavy atom. The second-order valence-electron chi connectivity index (χ2n) is 7.76. The number of carbonyl (C=O) groups excluding carboxylic acids is 1. The lowest BCUT2D eigenvalue weighted by Gasteiger charge is -2.34. The number of hydrogen-bond donors (Lipinski definition) is 1. The minimum absolute atomic E-state index is 0.191. The topological polar surface area (TPSA) is 83.7 Å². The third kappa shape index (κ3) is 4.92. The highest BCUT2D eigenvalue weighted by Gasteiger charge is 2.23. The fourth-order valence-electron chi connectivity index (χ4n) is 3.78. The Morgan fingerprint density at radius 1 is 1.06 bits per heavy atom. The van der Waals surface area contributed by atoms with E-state index in [-0.39, 0.29) is 6.03 Å². The van der Waals surface area contributed by atoms with Crippen LogP contribution in [0, 0.1) is 0 Å². The number of para-hydroxylation sites is 1. The number of benzene rings is 2. The number of hydrogen-bond acceptors (Lipinski definition) is 6. The average molecular weight is 464 g/mol. The van der Waals surface area contributed by atoms with Crippen molar-refractivity contribution in [2.45, 2.75) is 6.54 Å². The van der Waals surface area contributed by atoms with Crippen LogP contribution >= 0.6 is 11.6 Å². The summed E-state index contributed by atoms with van der Waals surface area (Å²) in [4.78, 5) is 20.9. The number of carbonyl (C=O) groups is 1. The summed E-state index contributed by atoms with van der Waals surface area (Å²) in [7, 11) is 0. The first-order valence-electron chi connectivity index (χ1n) is 10.7. The molecule has 0 bridgehead atoms. The van der Waals surface area contributed by atoms with Crippen molar-refractivity contribution < 1.29 is 14.1 Å². The smallest absolute Gasteiger partial charge is 0.323 e. The number of rotatable bonds is 5. The molecule has 2 amide bonds. The number of amides is 2. The number of nitrogens with zero attached hydrogens (tertiary/aromatic N) is 4. The van der Waals surface area contributed by atoms with Crippen molar-refractivity contribution in [2.24, 2.45) is 0 Å². The van der Waals surface area contributed by atoms with Gasteiger partial charge in [0.05, 0.1) is 10.4 Å². The Hall–Kier alpha value is -3.62. The van der Waals surface area contributed by atoms with Crippen LogP contribution in [0.5, 0.6) is 11.5 Å². The number of nitrogens with one attached hydrogen (secondary N) is 1. The SMILES string of the molecule is O=C(Nc1noc2ncccc12)N1CCN(Cc2cccc(Oc3ccccc3Cl)c2)CC1. The monoisotopic (exact) mass is 463 g/mol. The van der Waals surface area contributed by atoms with Crippen molar-refractivity contribution in [3.8, 4) is 11.5 Å². The molecule has 5 rings (SSSR count). The normalized spacial score (nSPS) is 14.4. The first-order chi connectivity index (χ1) is 16.2. The van der Waals surface area contributed by atoms with Gasteiger partial charge in [-0.15, -0.1) is 0 Å². The lowest BCUT2D eigenvalue weighted by atomic mass is 10.2. The molecule has 0 radical (unpaired) electrons. The maximum absolute atomic E-state index is 12.7. The molecule has 1 aliphatic heterocycles. The Kier molecular flexibility index (Phi) is 6.10.